The number of anilines is 3. The largest absolute Gasteiger partial charge is 0.455 e. The van der Waals surface area contributed by atoms with Gasteiger partial charge in [0.25, 0.3) is 0 Å². The molecule has 0 bridgehead atoms. The van der Waals surface area contributed by atoms with Gasteiger partial charge in [0.1, 0.15) is 11.2 Å². The monoisotopic (exact) mass is 786 g/mol. The highest BCUT2D eigenvalue weighted by Crippen LogP contribution is 2.57. The summed E-state index contributed by atoms with van der Waals surface area (Å²) in [5.74, 6) is 0. The van der Waals surface area contributed by atoms with Gasteiger partial charge < -0.3 is 9.32 Å². The SMILES string of the molecule is [2H]c1c([2H])c([2H])c(-c2c([2H])c([2H])c(N(c3ccc(-c4cccc5oc6c7ccccc7ccc6c45)cc3)c3ccc4c(c3)C(c3ccccc3)(c3ccccc3)c3ccccc3-4)c([2H])c2[2H])c([2H])c1[2H]. The van der Waals surface area contributed by atoms with E-state index < -0.39 is 65.4 Å². The zero-order valence-electron chi connectivity index (χ0n) is 41.7. The summed E-state index contributed by atoms with van der Waals surface area (Å²) < 4.78 is 87.4. The highest BCUT2D eigenvalue weighted by atomic mass is 16.3. The number of rotatable bonds is 7. The molecular formula is C59H39NO. The van der Waals surface area contributed by atoms with Crippen LogP contribution in [0.1, 0.15) is 34.6 Å². The molecule has 0 unspecified atom stereocenters. The van der Waals surface area contributed by atoms with Gasteiger partial charge in [-0.05, 0) is 110 Å². The fraction of sp³-hybridized carbons (Fsp3) is 0.0169. The van der Waals surface area contributed by atoms with Crippen LogP contribution in [-0.4, -0.2) is 0 Å². The lowest BCUT2D eigenvalue weighted by Gasteiger charge is -2.35. The van der Waals surface area contributed by atoms with E-state index in [-0.39, 0.29) is 11.3 Å². The van der Waals surface area contributed by atoms with Gasteiger partial charge >= 0.3 is 0 Å². The van der Waals surface area contributed by atoms with Gasteiger partial charge in [-0.25, -0.2) is 0 Å². The van der Waals surface area contributed by atoms with Gasteiger partial charge in [0.05, 0.1) is 17.8 Å². The van der Waals surface area contributed by atoms with E-state index in [0.29, 0.717) is 11.4 Å². The molecule has 0 amide bonds. The predicted molar refractivity (Wildman–Crippen MR) is 254 cm³/mol. The topological polar surface area (TPSA) is 16.4 Å². The molecule has 0 atom stereocenters. The van der Waals surface area contributed by atoms with Crippen molar-refractivity contribution in [2.45, 2.75) is 5.41 Å². The van der Waals surface area contributed by atoms with E-state index >= 15 is 0 Å². The Kier molecular flexibility index (Phi) is 6.23. The Bertz CT molecular complexity index is 3850. The van der Waals surface area contributed by atoms with Crippen molar-refractivity contribution in [3.63, 3.8) is 0 Å². The Hall–Kier alpha value is -7.94. The molecule has 0 N–H and O–H groups in total. The fourth-order valence-corrected chi connectivity index (χ4v) is 9.48. The zero-order valence-corrected chi connectivity index (χ0v) is 32.7. The van der Waals surface area contributed by atoms with Gasteiger partial charge in [-0.3, -0.25) is 0 Å². The van der Waals surface area contributed by atoms with Gasteiger partial charge in [0.15, 0.2) is 0 Å². The normalized spacial score (nSPS) is 14.8. The predicted octanol–water partition coefficient (Wildman–Crippen LogP) is 15.9. The lowest BCUT2D eigenvalue weighted by molar-refractivity contribution is 0.673. The Morgan fingerprint density at radius 2 is 1.05 bits per heavy atom. The van der Waals surface area contributed by atoms with Gasteiger partial charge in [-0.2, -0.15) is 0 Å². The summed E-state index contributed by atoms with van der Waals surface area (Å²) in [4.78, 5) is 1.74. The summed E-state index contributed by atoms with van der Waals surface area (Å²) >= 11 is 0. The van der Waals surface area contributed by atoms with Crippen molar-refractivity contribution in [1.82, 2.24) is 0 Å². The molecule has 2 heteroatoms. The lowest BCUT2D eigenvalue weighted by Crippen LogP contribution is -2.28. The van der Waals surface area contributed by atoms with E-state index in [1.807, 2.05) is 97.1 Å². The van der Waals surface area contributed by atoms with E-state index in [9.17, 15) is 5.48 Å². The van der Waals surface area contributed by atoms with Crippen molar-refractivity contribution in [2.75, 3.05) is 4.90 Å². The van der Waals surface area contributed by atoms with Crippen molar-refractivity contribution in [3.05, 3.63) is 259 Å². The summed E-state index contributed by atoms with van der Waals surface area (Å²) in [6.07, 6.45) is 0. The standard InChI is InChI=1S/C59H39NO/c1-4-15-40(16-5-1)41-27-32-46(33-28-41)60(47-34-29-43(30-35-47)49-24-14-26-56-57(49)53-37-31-42-17-10-11-22-50(42)58(53)61-56)48-36-38-52-51-23-12-13-25-54(51)59(55(52)39-48,44-18-6-2-7-19-44)45-20-8-3-9-21-45/h1-39H/i1D,4D,5D,15D,16D,27D,28D,32D,33D. The minimum absolute atomic E-state index is 0.0749. The minimum Gasteiger partial charge on any atom is -0.455 e. The highest BCUT2D eigenvalue weighted by molar-refractivity contribution is 6.19. The van der Waals surface area contributed by atoms with Crippen LogP contribution in [0.2, 0.25) is 0 Å². The Morgan fingerprint density at radius 1 is 0.410 bits per heavy atom. The average Bonchev–Trinajstić information content (AvgIpc) is 3.94. The minimum atomic E-state index is -0.795. The molecule has 1 aliphatic rings. The third-order valence-electron chi connectivity index (χ3n) is 12.1. The first-order valence-electron chi connectivity index (χ1n) is 24.8. The Morgan fingerprint density at radius 3 is 1.82 bits per heavy atom. The lowest BCUT2D eigenvalue weighted by atomic mass is 9.67. The Labute approximate surface area is 367 Å². The second kappa shape index (κ2) is 14.1. The van der Waals surface area contributed by atoms with Gasteiger partial charge in [-0.15, -0.1) is 0 Å². The fourth-order valence-electron chi connectivity index (χ4n) is 9.48. The van der Waals surface area contributed by atoms with Gasteiger partial charge in [0.2, 0.25) is 0 Å². The van der Waals surface area contributed by atoms with Crippen molar-refractivity contribution >= 4 is 49.8 Å². The summed E-state index contributed by atoms with van der Waals surface area (Å²) in [6.45, 7) is 0. The van der Waals surface area contributed by atoms with Crippen molar-refractivity contribution in [3.8, 4) is 33.4 Å². The van der Waals surface area contributed by atoms with Crippen LogP contribution in [0.3, 0.4) is 0 Å². The van der Waals surface area contributed by atoms with E-state index in [1.54, 1.807) is 4.90 Å². The molecule has 0 radical (unpaired) electrons. The quantitative estimate of drug-likeness (QED) is 0.160. The van der Waals surface area contributed by atoms with Gasteiger partial charge in [-0.1, -0.05) is 188 Å². The molecule has 0 saturated heterocycles. The van der Waals surface area contributed by atoms with E-state index in [4.69, 9.17) is 11.3 Å². The summed E-state index contributed by atoms with van der Waals surface area (Å²) in [5, 5.41) is 4.05. The maximum atomic E-state index is 9.74. The maximum Gasteiger partial charge on any atom is 0.143 e. The third-order valence-corrected chi connectivity index (χ3v) is 12.1. The van der Waals surface area contributed by atoms with Crippen LogP contribution in [-0.2, 0) is 5.41 Å². The molecule has 10 aromatic carbocycles. The first kappa shape index (κ1) is 26.9. The molecule has 0 aliphatic heterocycles. The van der Waals surface area contributed by atoms with E-state index in [0.717, 1.165) is 77.2 Å². The Balaban J connectivity index is 1.11. The number of hydrogen-bond acceptors (Lipinski definition) is 2. The van der Waals surface area contributed by atoms with Crippen LogP contribution < -0.4 is 4.90 Å². The molecule has 1 heterocycles. The number of hydrogen-bond donors (Lipinski definition) is 0. The van der Waals surface area contributed by atoms with Gasteiger partial charge in [0, 0.05) is 33.2 Å². The van der Waals surface area contributed by atoms with Crippen LogP contribution in [0, 0.1) is 0 Å². The summed E-state index contributed by atoms with van der Waals surface area (Å²) in [5.41, 5.74) is 9.05. The van der Waals surface area contributed by atoms with E-state index in [2.05, 4.69) is 84.9 Å². The van der Waals surface area contributed by atoms with Crippen molar-refractivity contribution in [1.29, 1.82) is 0 Å². The molecule has 1 aliphatic carbocycles. The van der Waals surface area contributed by atoms with Crippen molar-refractivity contribution in [2.24, 2.45) is 0 Å². The summed E-state index contributed by atoms with van der Waals surface area (Å²) in [6, 6.07) is 56.2. The molecule has 61 heavy (non-hydrogen) atoms. The molecule has 12 rings (SSSR count). The number of furan rings is 1. The first-order valence-corrected chi connectivity index (χ1v) is 20.3. The van der Waals surface area contributed by atoms with Crippen LogP contribution >= 0.6 is 0 Å². The number of fused-ring (bicyclic) bond motifs is 8. The first-order chi connectivity index (χ1) is 34.0. The van der Waals surface area contributed by atoms with Crippen LogP contribution in [0.25, 0.3) is 66.1 Å². The number of benzene rings is 10. The zero-order chi connectivity index (χ0) is 48.2. The molecule has 0 spiro atoms. The molecule has 2 nitrogen and oxygen atoms in total. The molecule has 0 saturated carbocycles. The molecule has 0 fully saturated rings. The molecule has 11 aromatic rings. The molecule has 286 valence electrons. The van der Waals surface area contributed by atoms with Crippen molar-refractivity contribution < 1.29 is 16.8 Å². The van der Waals surface area contributed by atoms with E-state index in [1.165, 1.54) is 0 Å². The summed E-state index contributed by atoms with van der Waals surface area (Å²) in [7, 11) is 0. The second-order valence-corrected chi connectivity index (χ2v) is 15.3. The molecular weight excluding hydrogens is 739 g/mol. The number of nitrogens with zero attached hydrogens (tertiary/aromatic N) is 1. The van der Waals surface area contributed by atoms with Crippen LogP contribution in [0.15, 0.2) is 241 Å². The van der Waals surface area contributed by atoms with Crippen LogP contribution in [0.5, 0.6) is 0 Å². The second-order valence-electron chi connectivity index (χ2n) is 15.3. The molecule has 1 aromatic heterocycles. The third kappa shape index (κ3) is 5.50. The highest BCUT2D eigenvalue weighted by Gasteiger charge is 2.46. The smallest absolute Gasteiger partial charge is 0.143 e. The average molecular weight is 787 g/mol. The maximum absolute atomic E-state index is 9.74. The van der Waals surface area contributed by atoms with Crippen LogP contribution in [0.4, 0.5) is 17.1 Å².